The van der Waals surface area contributed by atoms with Crippen molar-refractivity contribution in [2.45, 2.75) is 45.1 Å². The average molecular weight is 358 g/mol. The summed E-state index contributed by atoms with van der Waals surface area (Å²) in [7, 11) is 1.93. The van der Waals surface area contributed by atoms with E-state index in [1.165, 1.54) is 0 Å². The van der Waals surface area contributed by atoms with E-state index in [2.05, 4.69) is 39.1 Å². The highest BCUT2D eigenvalue weighted by atomic mass is 35.5. The summed E-state index contributed by atoms with van der Waals surface area (Å²) in [4.78, 5) is 21.0. The van der Waals surface area contributed by atoms with Gasteiger partial charge in [-0.3, -0.25) is 4.79 Å². The van der Waals surface area contributed by atoms with Crippen LogP contribution in [0.15, 0.2) is 4.52 Å². The van der Waals surface area contributed by atoms with Crippen molar-refractivity contribution in [3.63, 3.8) is 0 Å². The first kappa shape index (κ1) is 19.0. The molecule has 1 amide bonds. The zero-order valence-electron chi connectivity index (χ0n) is 14.7. The van der Waals surface area contributed by atoms with Gasteiger partial charge in [-0.15, -0.1) is 12.4 Å². The van der Waals surface area contributed by atoms with E-state index in [4.69, 9.17) is 4.52 Å². The highest BCUT2D eigenvalue weighted by Crippen LogP contribution is 2.32. The van der Waals surface area contributed by atoms with Gasteiger partial charge in [0.1, 0.15) is 0 Å². The lowest BCUT2D eigenvalue weighted by atomic mass is 9.83. The number of nitrogens with one attached hydrogen (secondary N) is 1. The van der Waals surface area contributed by atoms with Gasteiger partial charge in [0.2, 0.25) is 11.8 Å². The van der Waals surface area contributed by atoms with Crippen molar-refractivity contribution in [2.75, 3.05) is 38.1 Å². The number of hydrogen-bond donors (Lipinski definition) is 1. The number of likely N-dealkylation sites (N-methyl/N-ethyl adjacent to an activating group) is 1. The number of carbonyl (C=O) groups is 1. The third-order valence-electron chi connectivity index (χ3n) is 4.95. The Balaban J connectivity index is 0.00000208. The summed E-state index contributed by atoms with van der Waals surface area (Å²) in [5.74, 6) is 2.44. The maximum Gasteiger partial charge on any atom is 0.266 e. The Morgan fingerprint density at radius 3 is 2.83 bits per heavy atom. The lowest BCUT2D eigenvalue weighted by Gasteiger charge is -2.46. The average Bonchev–Trinajstić information content (AvgIpc) is 3.04. The number of fused-ring (bicyclic) bond motifs is 1. The van der Waals surface area contributed by atoms with Crippen LogP contribution in [0.1, 0.15) is 44.9 Å². The maximum atomic E-state index is 12.2. The predicted molar refractivity (Wildman–Crippen MR) is 94.6 cm³/mol. The normalized spacial score (nSPS) is 24.1. The fourth-order valence-corrected chi connectivity index (χ4v) is 3.65. The van der Waals surface area contributed by atoms with Crippen molar-refractivity contribution < 1.29 is 9.32 Å². The lowest BCUT2D eigenvalue weighted by molar-refractivity contribution is -0.139. The Kier molecular flexibility index (Phi) is 6.46. The first-order valence-electron chi connectivity index (χ1n) is 8.62. The van der Waals surface area contributed by atoms with Crippen LogP contribution in [0.3, 0.4) is 0 Å². The van der Waals surface area contributed by atoms with E-state index in [1.54, 1.807) is 0 Å². The highest BCUT2D eigenvalue weighted by molar-refractivity contribution is 5.85. The second-order valence-electron chi connectivity index (χ2n) is 6.88. The molecule has 0 radical (unpaired) electrons. The second-order valence-corrected chi connectivity index (χ2v) is 6.88. The van der Waals surface area contributed by atoms with Gasteiger partial charge in [-0.1, -0.05) is 13.8 Å². The van der Waals surface area contributed by atoms with Gasteiger partial charge >= 0.3 is 0 Å². The molecule has 0 aliphatic carbocycles. The molecule has 2 fully saturated rings. The van der Waals surface area contributed by atoms with Gasteiger partial charge < -0.3 is 19.6 Å². The molecule has 0 spiro atoms. The monoisotopic (exact) mass is 357 g/mol. The smallest absolute Gasteiger partial charge is 0.266 e. The van der Waals surface area contributed by atoms with Gasteiger partial charge in [-0.2, -0.15) is 4.98 Å². The molecule has 136 valence electrons. The third-order valence-corrected chi connectivity index (χ3v) is 4.95. The van der Waals surface area contributed by atoms with Crippen molar-refractivity contribution in [2.24, 2.45) is 5.92 Å². The number of rotatable bonds is 5. The number of likely N-dealkylation sites (tertiary alicyclic amines) is 1. The van der Waals surface area contributed by atoms with E-state index in [0.717, 1.165) is 39.0 Å². The van der Waals surface area contributed by atoms with E-state index in [9.17, 15) is 4.79 Å². The summed E-state index contributed by atoms with van der Waals surface area (Å²) in [6.45, 7) is 7.54. The van der Waals surface area contributed by atoms with Gasteiger partial charge in [-0.05, 0) is 31.0 Å². The molecule has 0 bridgehead atoms. The van der Waals surface area contributed by atoms with Gasteiger partial charge in [0.05, 0.1) is 0 Å². The molecule has 24 heavy (non-hydrogen) atoms. The summed E-state index contributed by atoms with van der Waals surface area (Å²) in [6, 6.07) is 0.359. The molecule has 2 aliphatic heterocycles. The van der Waals surface area contributed by atoms with Crippen LogP contribution in [0.4, 0.5) is 5.95 Å². The Labute approximate surface area is 149 Å². The molecule has 3 rings (SSSR count). The Morgan fingerprint density at radius 2 is 2.17 bits per heavy atom. The van der Waals surface area contributed by atoms with E-state index in [0.29, 0.717) is 36.1 Å². The van der Waals surface area contributed by atoms with Crippen LogP contribution in [0.2, 0.25) is 0 Å². The SMILES string of the molecule is CNCCN1C(=O)CC[C@H]2CN(c3noc(C(C)C)n3)CC[C@H]21.Cl. The van der Waals surface area contributed by atoms with Crippen molar-refractivity contribution >= 4 is 24.3 Å². The number of anilines is 1. The molecule has 1 aromatic heterocycles. The predicted octanol–water partition coefficient (Wildman–Crippen LogP) is 1.65. The van der Waals surface area contributed by atoms with Crippen molar-refractivity contribution in [3.05, 3.63) is 5.89 Å². The number of carbonyl (C=O) groups excluding carboxylic acids is 1. The highest BCUT2D eigenvalue weighted by Gasteiger charge is 2.39. The third kappa shape index (κ3) is 3.83. The Hall–Kier alpha value is -1.34. The minimum atomic E-state index is 0. The molecule has 0 saturated carbocycles. The Morgan fingerprint density at radius 1 is 1.38 bits per heavy atom. The van der Waals surface area contributed by atoms with E-state index >= 15 is 0 Å². The molecule has 2 saturated heterocycles. The molecule has 1 N–H and O–H groups in total. The number of piperidine rings is 2. The fraction of sp³-hybridized carbons (Fsp3) is 0.812. The molecule has 3 heterocycles. The topological polar surface area (TPSA) is 74.5 Å². The van der Waals surface area contributed by atoms with Gasteiger partial charge in [-0.25, -0.2) is 0 Å². The number of halogens is 1. The molecule has 0 unspecified atom stereocenters. The summed E-state index contributed by atoms with van der Waals surface area (Å²) < 4.78 is 5.33. The summed E-state index contributed by atoms with van der Waals surface area (Å²) in [5, 5.41) is 7.27. The van der Waals surface area contributed by atoms with Crippen molar-refractivity contribution in [1.29, 1.82) is 0 Å². The number of amides is 1. The molecule has 2 atom stereocenters. The minimum absolute atomic E-state index is 0. The largest absolute Gasteiger partial charge is 0.338 e. The van der Waals surface area contributed by atoms with Crippen molar-refractivity contribution in [1.82, 2.24) is 20.4 Å². The summed E-state index contributed by atoms with van der Waals surface area (Å²) in [5.41, 5.74) is 0. The minimum Gasteiger partial charge on any atom is -0.338 e. The zero-order chi connectivity index (χ0) is 16.4. The van der Waals surface area contributed by atoms with E-state index in [-0.39, 0.29) is 18.3 Å². The fourth-order valence-electron chi connectivity index (χ4n) is 3.65. The van der Waals surface area contributed by atoms with Gasteiger partial charge in [0, 0.05) is 44.6 Å². The Bertz CT molecular complexity index is 550. The first-order valence-corrected chi connectivity index (χ1v) is 8.62. The zero-order valence-corrected chi connectivity index (χ0v) is 15.5. The van der Waals surface area contributed by atoms with Crippen LogP contribution < -0.4 is 10.2 Å². The molecule has 8 heteroatoms. The number of aromatic nitrogens is 2. The molecule has 1 aromatic rings. The first-order chi connectivity index (χ1) is 11.1. The van der Waals surface area contributed by atoms with Crippen LogP contribution in [0.5, 0.6) is 0 Å². The standard InChI is InChI=1S/C16H27N5O2.ClH/c1-11(2)15-18-16(19-23-15)20-8-6-13-12(10-20)4-5-14(22)21(13)9-7-17-3;/h11-13,17H,4-10H2,1-3H3;1H/t12-,13+;/m0./s1. The summed E-state index contributed by atoms with van der Waals surface area (Å²) >= 11 is 0. The molecule has 7 nitrogen and oxygen atoms in total. The molecule has 2 aliphatic rings. The molecular formula is C16H28ClN5O2. The van der Waals surface area contributed by atoms with E-state index < -0.39 is 0 Å². The van der Waals surface area contributed by atoms with Crippen LogP contribution in [-0.2, 0) is 4.79 Å². The van der Waals surface area contributed by atoms with E-state index in [1.807, 2.05) is 7.05 Å². The molecule has 0 aromatic carbocycles. The lowest BCUT2D eigenvalue weighted by Crippen LogP contribution is -2.57. The number of nitrogens with zero attached hydrogens (tertiary/aromatic N) is 4. The second kappa shape index (κ2) is 8.16. The summed E-state index contributed by atoms with van der Waals surface area (Å²) in [6.07, 6.45) is 2.60. The van der Waals surface area contributed by atoms with Gasteiger partial charge in [0.25, 0.3) is 5.95 Å². The van der Waals surface area contributed by atoms with Gasteiger partial charge in [0.15, 0.2) is 0 Å². The molecular weight excluding hydrogens is 330 g/mol. The van der Waals surface area contributed by atoms with Crippen LogP contribution in [0.25, 0.3) is 0 Å². The van der Waals surface area contributed by atoms with Crippen molar-refractivity contribution in [3.8, 4) is 0 Å². The van der Waals surface area contributed by atoms with Crippen LogP contribution in [0, 0.1) is 5.92 Å². The van der Waals surface area contributed by atoms with Crippen LogP contribution in [-0.4, -0.2) is 60.2 Å². The maximum absolute atomic E-state index is 12.2. The van der Waals surface area contributed by atoms with Crippen LogP contribution >= 0.6 is 12.4 Å². The number of hydrogen-bond acceptors (Lipinski definition) is 6. The quantitative estimate of drug-likeness (QED) is 0.863.